The first-order valence-electron chi connectivity index (χ1n) is 10.1. The van der Waals surface area contributed by atoms with Crippen LogP contribution < -0.4 is 5.32 Å². The number of hydrogen-bond acceptors (Lipinski definition) is 6. The zero-order valence-corrected chi connectivity index (χ0v) is 20.2. The minimum absolute atomic E-state index is 0.0913. The highest BCUT2D eigenvalue weighted by atomic mass is 32.2. The maximum Gasteiger partial charge on any atom is 0.252 e. The quantitative estimate of drug-likeness (QED) is 0.573. The summed E-state index contributed by atoms with van der Waals surface area (Å²) >= 11 is 2.63. The molecule has 1 N–H and O–H groups in total. The Labute approximate surface area is 191 Å². The van der Waals surface area contributed by atoms with E-state index in [-0.39, 0.29) is 11.8 Å². The van der Waals surface area contributed by atoms with E-state index in [1.54, 1.807) is 17.5 Å². The predicted octanol–water partition coefficient (Wildman–Crippen LogP) is 4.84. The Morgan fingerprint density at radius 1 is 1.13 bits per heavy atom. The first-order valence-corrected chi connectivity index (χ1v) is 13.3. The largest absolute Gasteiger partial charge is 0.302 e. The predicted molar refractivity (Wildman–Crippen MR) is 126 cm³/mol. The van der Waals surface area contributed by atoms with Crippen LogP contribution in [0, 0.1) is 26.7 Å². The molecule has 1 aromatic carbocycles. The molecular formula is C22H25N3O3S3. The molecule has 31 heavy (non-hydrogen) atoms. The van der Waals surface area contributed by atoms with Crippen LogP contribution in [0.25, 0.3) is 11.3 Å². The lowest BCUT2D eigenvalue weighted by Crippen LogP contribution is -2.41. The molecule has 1 amide bonds. The number of nitrogens with one attached hydrogen (secondary N) is 1. The first kappa shape index (κ1) is 22.1. The van der Waals surface area contributed by atoms with E-state index in [0.29, 0.717) is 35.3 Å². The Bertz CT molecular complexity index is 1170. The van der Waals surface area contributed by atoms with Crippen molar-refractivity contribution in [1.29, 1.82) is 0 Å². The van der Waals surface area contributed by atoms with Crippen LogP contribution in [0.4, 0.5) is 5.13 Å². The number of carbonyl (C=O) groups excluding carboxylic acids is 1. The fourth-order valence-electron chi connectivity index (χ4n) is 4.13. The number of benzene rings is 1. The standard InChI is InChI=1S/C22H25N3O3S3/c1-14-11-15(2)20(16(3)12-14)18-13-30-22(23-18)24-21(26)17-6-8-25(9-7-17)31(27,28)19-5-4-10-29-19/h4-5,10-13,17H,6-9H2,1-3H3,(H,23,24,26). The molecule has 1 aliphatic rings. The lowest BCUT2D eigenvalue weighted by molar-refractivity contribution is -0.120. The summed E-state index contributed by atoms with van der Waals surface area (Å²) in [6.07, 6.45) is 1.01. The third-order valence-electron chi connectivity index (χ3n) is 5.58. The summed E-state index contributed by atoms with van der Waals surface area (Å²) in [7, 11) is -3.46. The van der Waals surface area contributed by atoms with E-state index in [0.717, 1.165) is 11.3 Å². The van der Waals surface area contributed by atoms with Crippen LogP contribution in [-0.4, -0.2) is 36.7 Å². The summed E-state index contributed by atoms with van der Waals surface area (Å²) in [5, 5.41) is 7.24. The molecule has 1 saturated heterocycles. The topological polar surface area (TPSA) is 79.4 Å². The van der Waals surface area contributed by atoms with Crippen molar-refractivity contribution in [2.45, 2.75) is 37.8 Å². The van der Waals surface area contributed by atoms with Gasteiger partial charge in [0.05, 0.1) is 5.69 Å². The fourth-order valence-corrected chi connectivity index (χ4v) is 7.45. The number of sulfonamides is 1. The highest BCUT2D eigenvalue weighted by Gasteiger charge is 2.32. The number of nitrogens with zero attached hydrogens (tertiary/aromatic N) is 2. The minimum atomic E-state index is -3.46. The molecule has 164 valence electrons. The first-order chi connectivity index (χ1) is 14.8. The van der Waals surface area contributed by atoms with Crippen LogP contribution in [0.3, 0.4) is 0 Å². The number of aromatic nitrogens is 1. The van der Waals surface area contributed by atoms with Gasteiger partial charge >= 0.3 is 0 Å². The molecule has 0 atom stereocenters. The molecule has 6 nitrogen and oxygen atoms in total. The Morgan fingerprint density at radius 2 is 1.81 bits per heavy atom. The van der Waals surface area contributed by atoms with Gasteiger partial charge in [-0.25, -0.2) is 13.4 Å². The number of thiazole rings is 1. The molecule has 3 heterocycles. The van der Waals surface area contributed by atoms with Crippen molar-refractivity contribution in [3.63, 3.8) is 0 Å². The van der Waals surface area contributed by atoms with Gasteiger partial charge in [-0.05, 0) is 56.2 Å². The number of rotatable bonds is 5. The van der Waals surface area contributed by atoms with Gasteiger partial charge in [0.15, 0.2) is 5.13 Å². The summed E-state index contributed by atoms with van der Waals surface area (Å²) in [6.45, 7) is 6.93. The van der Waals surface area contributed by atoms with Crippen LogP contribution in [0.2, 0.25) is 0 Å². The van der Waals surface area contributed by atoms with Crippen molar-refractivity contribution in [2.24, 2.45) is 5.92 Å². The molecule has 0 bridgehead atoms. The number of thiophene rings is 1. The molecule has 2 aromatic heterocycles. The van der Waals surface area contributed by atoms with E-state index >= 15 is 0 Å². The monoisotopic (exact) mass is 475 g/mol. The van der Waals surface area contributed by atoms with Crippen LogP contribution >= 0.6 is 22.7 Å². The summed E-state index contributed by atoms with van der Waals surface area (Å²) in [4.78, 5) is 17.4. The second-order valence-corrected chi connectivity index (χ2v) is 11.9. The molecular weight excluding hydrogens is 450 g/mol. The van der Waals surface area contributed by atoms with Crippen molar-refractivity contribution in [1.82, 2.24) is 9.29 Å². The number of aryl methyl sites for hydroxylation is 3. The lowest BCUT2D eigenvalue weighted by Gasteiger charge is -2.29. The third-order valence-corrected chi connectivity index (χ3v) is 9.61. The molecule has 1 fully saturated rings. The SMILES string of the molecule is Cc1cc(C)c(-c2csc(NC(=O)C3CCN(S(=O)(=O)c4cccs4)CC3)n2)c(C)c1. The Morgan fingerprint density at radius 3 is 2.42 bits per heavy atom. The van der Waals surface area contributed by atoms with Gasteiger partial charge in [-0.3, -0.25) is 4.79 Å². The molecule has 0 saturated carbocycles. The molecule has 0 spiro atoms. The van der Waals surface area contributed by atoms with Gasteiger partial charge in [0, 0.05) is 30.0 Å². The Hall–Kier alpha value is -2.07. The molecule has 1 aliphatic heterocycles. The molecule has 9 heteroatoms. The molecule has 4 rings (SSSR count). The number of hydrogen-bond donors (Lipinski definition) is 1. The van der Waals surface area contributed by atoms with E-state index in [2.05, 4.69) is 43.2 Å². The van der Waals surface area contributed by atoms with Crippen molar-refractivity contribution in [3.8, 4) is 11.3 Å². The Kier molecular flexibility index (Phi) is 6.30. The number of amides is 1. The molecule has 0 radical (unpaired) electrons. The lowest BCUT2D eigenvalue weighted by atomic mass is 9.97. The smallest absolute Gasteiger partial charge is 0.252 e. The van der Waals surface area contributed by atoms with Gasteiger partial charge in [0.1, 0.15) is 4.21 Å². The van der Waals surface area contributed by atoms with Gasteiger partial charge in [-0.1, -0.05) is 23.8 Å². The average Bonchev–Trinajstić information content (AvgIpc) is 3.40. The summed E-state index contributed by atoms with van der Waals surface area (Å²) < 4.78 is 27.1. The maximum absolute atomic E-state index is 12.8. The number of piperidine rings is 1. The van der Waals surface area contributed by atoms with E-state index in [1.165, 1.54) is 43.7 Å². The van der Waals surface area contributed by atoms with Crippen LogP contribution in [0.15, 0.2) is 39.2 Å². The fraction of sp³-hybridized carbons (Fsp3) is 0.364. The van der Waals surface area contributed by atoms with Crippen molar-refractivity contribution in [3.05, 3.63) is 51.7 Å². The number of carbonyl (C=O) groups is 1. The second kappa shape index (κ2) is 8.82. The van der Waals surface area contributed by atoms with Crippen LogP contribution in [0.1, 0.15) is 29.5 Å². The Balaban J connectivity index is 1.39. The summed E-state index contributed by atoms with van der Waals surface area (Å²) in [5.74, 6) is -0.309. The van der Waals surface area contributed by atoms with Crippen molar-refractivity contribution >= 4 is 43.7 Å². The number of anilines is 1. The van der Waals surface area contributed by atoms with Crippen LogP contribution in [0.5, 0.6) is 0 Å². The highest BCUT2D eigenvalue weighted by Crippen LogP contribution is 2.32. The summed E-state index contributed by atoms with van der Waals surface area (Å²) in [5.41, 5.74) is 5.52. The van der Waals surface area contributed by atoms with E-state index in [4.69, 9.17) is 0 Å². The minimum Gasteiger partial charge on any atom is -0.302 e. The van der Waals surface area contributed by atoms with Gasteiger partial charge in [0.2, 0.25) is 5.91 Å². The normalized spacial score (nSPS) is 15.8. The zero-order valence-electron chi connectivity index (χ0n) is 17.7. The van der Waals surface area contributed by atoms with Crippen molar-refractivity contribution in [2.75, 3.05) is 18.4 Å². The third kappa shape index (κ3) is 4.59. The molecule has 0 unspecified atom stereocenters. The average molecular weight is 476 g/mol. The maximum atomic E-state index is 12.8. The van der Waals surface area contributed by atoms with E-state index in [9.17, 15) is 13.2 Å². The van der Waals surface area contributed by atoms with E-state index in [1.807, 2.05) is 5.38 Å². The highest BCUT2D eigenvalue weighted by molar-refractivity contribution is 7.91. The molecule has 3 aromatic rings. The summed E-state index contributed by atoms with van der Waals surface area (Å²) in [6, 6.07) is 7.63. The van der Waals surface area contributed by atoms with Gasteiger partial charge in [0.25, 0.3) is 10.0 Å². The molecule has 0 aliphatic carbocycles. The van der Waals surface area contributed by atoms with Gasteiger partial charge in [-0.15, -0.1) is 22.7 Å². The zero-order chi connectivity index (χ0) is 22.2. The van der Waals surface area contributed by atoms with Gasteiger partial charge < -0.3 is 5.32 Å². The van der Waals surface area contributed by atoms with E-state index < -0.39 is 10.0 Å². The van der Waals surface area contributed by atoms with Crippen molar-refractivity contribution < 1.29 is 13.2 Å². The second-order valence-electron chi connectivity index (χ2n) is 7.91. The van der Waals surface area contributed by atoms with Crippen LogP contribution in [-0.2, 0) is 14.8 Å². The van der Waals surface area contributed by atoms with Gasteiger partial charge in [-0.2, -0.15) is 4.31 Å².